The number of hydrogen-bond donors (Lipinski definition) is 4. The number of fused-ring (bicyclic) bond motifs is 1. The summed E-state index contributed by atoms with van der Waals surface area (Å²) in [5.74, 6) is 0.487. The van der Waals surface area contributed by atoms with Gasteiger partial charge in [0.25, 0.3) is 5.56 Å². The van der Waals surface area contributed by atoms with Crippen LogP contribution in [0.25, 0.3) is 22.0 Å². The Morgan fingerprint density at radius 1 is 1.32 bits per heavy atom. The molecule has 0 unspecified atom stereocenters. The number of rotatable bonds is 6. The third-order valence-corrected chi connectivity index (χ3v) is 5.85. The van der Waals surface area contributed by atoms with Crippen molar-refractivity contribution in [1.29, 1.82) is 10.9 Å². The van der Waals surface area contributed by atoms with Crippen molar-refractivity contribution >= 4 is 28.4 Å². The van der Waals surface area contributed by atoms with E-state index in [1.165, 1.54) is 6.33 Å². The number of aromatic nitrogens is 6. The summed E-state index contributed by atoms with van der Waals surface area (Å²) in [6, 6.07) is 5.23. The third-order valence-electron chi connectivity index (χ3n) is 5.85. The Bertz CT molecular complexity index is 1500. The van der Waals surface area contributed by atoms with Gasteiger partial charge in [0.15, 0.2) is 5.84 Å². The van der Waals surface area contributed by atoms with E-state index in [1.807, 2.05) is 38.4 Å². The molecular weight excluding hydrogens is 434 g/mol. The largest absolute Gasteiger partial charge is 0.383 e. The lowest BCUT2D eigenvalue weighted by Gasteiger charge is -2.21. The zero-order chi connectivity index (χ0) is 24.0. The van der Waals surface area contributed by atoms with E-state index in [0.29, 0.717) is 16.7 Å². The van der Waals surface area contributed by atoms with Gasteiger partial charge < -0.3 is 11.1 Å². The van der Waals surface area contributed by atoms with Gasteiger partial charge in [-0.05, 0) is 31.4 Å². The van der Waals surface area contributed by atoms with Gasteiger partial charge in [-0.25, -0.2) is 20.5 Å². The van der Waals surface area contributed by atoms with Crippen LogP contribution in [0.15, 0.2) is 46.8 Å². The average Bonchev–Trinajstić information content (AvgIpc) is 3.57. The Kier molecular flexibility index (Phi) is 5.11. The topological polar surface area (TPSA) is 177 Å². The summed E-state index contributed by atoms with van der Waals surface area (Å²) in [6.07, 6.45) is 6.68. The van der Waals surface area contributed by atoms with Crippen molar-refractivity contribution in [3.05, 3.63) is 58.7 Å². The van der Waals surface area contributed by atoms with Crippen LogP contribution >= 0.6 is 0 Å². The number of aryl methyl sites for hydroxylation is 1. The Hall–Kier alpha value is -4.48. The van der Waals surface area contributed by atoms with Crippen LogP contribution in [0.4, 0.5) is 11.6 Å². The number of nitrogens with one attached hydrogen (secondary N) is 3. The predicted octanol–water partition coefficient (Wildman–Crippen LogP) is 3.03. The summed E-state index contributed by atoms with van der Waals surface area (Å²) in [5.41, 5.74) is 15.4. The molecule has 1 aromatic carbocycles. The van der Waals surface area contributed by atoms with E-state index in [0.717, 1.165) is 24.0 Å². The second-order valence-electron chi connectivity index (χ2n) is 8.29. The zero-order valence-electron chi connectivity index (χ0n) is 18.6. The van der Waals surface area contributed by atoms with E-state index < -0.39 is 6.04 Å². The molecule has 1 atom stereocenters. The van der Waals surface area contributed by atoms with Gasteiger partial charge in [-0.1, -0.05) is 12.1 Å². The van der Waals surface area contributed by atoms with E-state index in [1.54, 1.807) is 15.4 Å². The van der Waals surface area contributed by atoms with Crippen molar-refractivity contribution in [2.75, 3.05) is 11.1 Å². The van der Waals surface area contributed by atoms with Crippen LogP contribution in [0.2, 0.25) is 0 Å². The lowest BCUT2D eigenvalue weighted by Crippen LogP contribution is -2.28. The molecule has 12 nitrogen and oxygen atoms in total. The maximum Gasteiger partial charge on any atom is 0.262 e. The third kappa shape index (κ3) is 3.58. The van der Waals surface area contributed by atoms with Crippen LogP contribution in [0.5, 0.6) is 0 Å². The fraction of sp³-hybridized carbons (Fsp3) is 0.273. The molecule has 3 heterocycles. The minimum Gasteiger partial charge on any atom is -0.383 e. The first-order valence-corrected chi connectivity index (χ1v) is 10.8. The lowest BCUT2D eigenvalue weighted by molar-refractivity contribution is 0.609. The normalized spacial score (nSPS) is 14.2. The number of amidine groups is 1. The Balaban J connectivity index is 1.65. The first-order chi connectivity index (χ1) is 16.4. The highest BCUT2D eigenvalue weighted by Gasteiger charge is 2.31. The van der Waals surface area contributed by atoms with Crippen LogP contribution in [0.1, 0.15) is 43.2 Å². The summed E-state index contributed by atoms with van der Waals surface area (Å²) in [5, 5.41) is 19.1. The standard InChI is InChI=1S/C22H23N11O/c1-11(29-20-17(19(24)31-25)18(23)26-10-27-20)21-30-15-5-3-4-14(12-8-28-32(2)9-12)16(15)22(34)33(21)13-6-7-13/h3-5,8-11,13,24-25H,6-7H2,1-2H3,(H3,23,26,27,29)/t11-/m0/s1. The van der Waals surface area contributed by atoms with Crippen LogP contribution in [0, 0.1) is 10.9 Å². The maximum absolute atomic E-state index is 13.8. The van der Waals surface area contributed by atoms with E-state index in [9.17, 15) is 4.79 Å². The molecule has 0 bridgehead atoms. The number of nitrogen functional groups attached to an aromatic ring is 1. The average molecular weight is 458 g/mol. The van der Waals surface area contributed by atoms with Gasteiger partial charge in [-0.3, -0.25) is 19.5 Å². The fourth-order valence-electron chi connectivity index (χ4n) is 4.12. The molecule has 12 heteroatoms. The van der Waals surface area contributed by atoms with Gasteiger partial charge in [0.2, 0.25) is 0 Å². The van der Waals surface area contributed by atoms with Crippen molar-refractivity contribution in [3.63, 3.8) is 0 Å². The molecule has 1 aliphatic carbocycles. The van der Waals surface area contributed by atoms with Gasteiger partial charge in [0.1, 0.15) is 29.4 Å². The van der Waals surface area contributed by atoms with E-state index >= 15 is 0 Å². The second kappa shape index (κ2) is 8.14. The number of nitrogens with zero attached hydrogens (tertiary/aromatic N) is 7. The van der Waals surface area contributed by atoms with E-state index in [-0.39, 0.29) is 34.6 Å². The molecule has 5 rings (SSSR count). The second-order valence-corrected chi connectivity index (χ2v) is 8.29. The van der Waals surface area contributed by atoms with Crippen molar-refractivity contribution in [1.82, 2.24) is 29.3 Å². The zero-order valence-corrected chi connectivity index (χ0v) is 18.6. The maximum atomic E-state index is 13.8. The van der Waals surface area contributed by atoms with Crippen molar-refractivity contribution in [2.45, 2.75) is 31.8 Å². The molecule has 3 aromatic heterocycles. The molecule has 5 N–H and O–H groups in total. The summed E-state index contributed by atoms with van der Waals surface area (Å²) in [6.45, 7) is 1.86. The molecule has 1 fully saturated rings. The van der Waals surface area contributed by atoms with Gasteiger partial charge >= 0.3 is 0 Å². The Labute approximate surface area is 193 Å². The molecule has 0 saturated heterocycles. The van der Waals surface area contributed by atoms with Gasteiger partial charge in [0, 0.05) is 24.8 Å². The van der Waals surface area contributed by atoms with Crippen molar-refractivity contribution < 1.29 is 0 Å². The molecule has 1 saturated carbocycles. The minimum absolute atomic E-state index is 0.0397. The molecule has 4 aromatic rings. The SMILES string of the molecule is C[C@H](Nc1ncnc(N)c1C(=N)N=N)c1nc2cccc(-c3cnn(C)c3)c2c(=O)n1C1CC1. The van der Waals surface area contributed by atoms with Gasteiger partial charge in [-0.15, -0.1) is 5.11 Å². The number of anilines is 2. The predicted molar refractivity (Wildman–Crippen MR) is 127 cm³/mol. The highest BCUT2D eigenvalue weighted by Crippen LogP contribution is 2.37. The molecule has 0 amide bonds. The van der Waals surface area contributed by atoms with Crippen molar-refractivity contribution in [2.24, 2.45) is 12.2 Å². The number of hydrogen-bond acceptors (Lipinski definition) is 9. The molecule has 1 aliphatic rings. The van der Waals surface area contributed by atoms with Crippen molar-refractivity contribution in [3.8, 4) is 11.1 Å². The van der Waals surface area contributed by atoms with Crippen LogP contribution in [-0.2, 0) is 7.05 Å². The van der Waals surface area contributed by atoms with Crippen LogP contribution in [-0.4, -0.2) is 35.1 Å². The van der Waals surface area contributed by atoms with Gasteiger partial charge in [-0.2, -0.15) is 5.10 Å². The fourth-order valence-corrected chi connectivity index (χ4v) is 4.12. The summed E-state index contributed by atoms with van der Waals surface area (Å²) < 4.78 is 3.46. The molecule has 0 radical (unpaired) electrons. The summed E-state index contributed by atoms with van der Waals surface area (Å²) in [4.78, 5) is 26.8. The van der Waals surface area contributed by atoms with E-state index in [2.05, 4.69) is 25.5 Å². The number of benzene rings is 1. The highest BCUT2D eigenvalue weighted by molar-refractivity contribution is 6.04. The van der Waals surface area contributed by atoms with Crippen LogP contribution in [0.3, 0.4) is 0 Å². The number of nitrogens with two attached hydrogens (primary N) is 1. The lowest BCUT2D eigenvalue weighted by atomic mass is 10.0. The first-order valence-electron chi connectivity index (χ1n) is 10.8. The molecule has 0 aliphatic heterocycles. The molecule has 172 valence electrons. The summed E-state index contributed by atoms with van der Waals surface area (Å²) >= 11 is 0. The molecule has 34 heavy (non-hydrogen) atoms. The summed E-state index contributed by atoms with van der Waals surface area (Å²) in [7, 11) is 1.84. The molecular formula is C22H23N11O. The Morgan fingerprint density at radius 3 is 2.79 bits per heavy atom. The smallest absolute Gasteiger partial charge is 0.262 e. The monoisotopic (exact) mass is 457 g/mol. The van der Waals surface area contributed by atoms with E-state index in [4.69, 9.17) is 21.7 Å². The first kappa shape index (κ1) is 21.4. The van der Waals surface area contributed by atoms with Gasteiger partial charge in [0.05, 0.1) is 23.1 Å². The van der Waals surface area contributed by atoms with Crippen LogP contribution < -0.4 is 16.6 Å². The quantitative estimate of drug-likeness (QED) is 0.195. The Morgan fingerprint density at radius 2 is 2.12 bits per heavy atom. The highest BCUT2D eigenvalue weighted by atomic mass is 16.1. The molecule has 0 spiro atoms. The minimum atomic E-state index is -0.452.